The Kier molecular flexibility index (Phi) is 8.73. The lowest BCUT2D eigenvalue weighted by Gasteiger charge is -1.98. The van der Waals surface area contributed by atoms with E-state index in [2.05, 4.69) is 13.8 Å². The summed E-state index contributed by atoms with van der Waals surface area (Å²) in [5.74, 6) is -0.204. The van der Waals surface area contributed by atoms with E-state index < -0.39 is 0 Å². The number of carbonyl (C=O) groups excluding carboxylic acids is 1. The second kappa shape index (κ2) is 9.30. The van der Waals surface area contributed by atoms with Crippen molar-refractivity contribution in [1.82, 2.24) is 0 Å². The number of hydrogen-bond donors (Lipinski definition) is 0. The average Bonchev–Trinajstić information content (AvgIpc) is 2.13. The van der Waals surface area contributed by atoms with Gasteiger partial charge < -0.3 is 4.74 Å². The van der Waals surface area contributed by atoms with Gasteiger partial charge >= 0.3 is 5.97 Å². The van der Waals surface area contributed by atoms with Gasteiger partial charge in [0.1, 0.15) is 0 Å². The van der Waals surface area contributed by atoms with Crippen molar-refractivity contribution in [3.63, 3.8) is 0 Å². The van der Waals surface area contributed by atoms with Gasteiger partial charge in [-0.15, -0.1) is 0 Å². The molecule has 2 nitrogen and oxygen atoms in total. The van der Waals surface area contributed by atoms with E-state index in [9.17, 15) is 4.79 Å². The summed E-state index contributed by atoms with van der Waals surface area (Å²) in [6.07, 6.45) is 8.71. The van der Waals surface area contributed by atoms with Crippen LogP contribution in [0.5, 0.6) is 0 Å². The molecule has 2 heteroatoms. The maximum Gasteiger partial charge on any atom is 0.330 e. The number of rotatable bonds is 7. The summed E-state index contributed by atoms with van der Waals surface area (Å²) >= 11 is 0. The first-order chi connectivity index (χ1) is 6.31. The molecule has 13 heavy (non-hydrogen) atoms. The zero-order chi connectivity index (χ0) is 9.94. The molecule has 0 radical (unpaired) electrons. The number of esters is 1. The van der Waals surface area contributed by atoms with Crippen molar-refractivity contribution >= 4 is 5.97 Å². The van der Waals surface area contributed by atoms with Gasteiger partial charge in [-0.1, -0.05) is 39.2 Å². The van der Waals surface area contributed by atoms with Crippen molar-refractivity contribution in [2.75, 3.05) is 6.61 Å². The van der Waals surface area contributed by atoms with E-state index in [0.29, 0.717) is 6.61 Å². The first-order valence-corrected chi connectivity index (χ1v) is 5.14. The molecule has 0 unspecified atom stereocenters. The fraction of sp³-hybridized carbons (Fsp3) is 0.727. The Balaban J connectivity index is 3.33. The minimum Gasteiger partial charge on any atom is -0.463 e. The molecule has 0 aromatic heterocycles. The Morgan fingerprint density at radius 2 is 1.92 bits per heavy atom. The highest BCUT2D eigenvalue weighted by atomic mass is 16.5. The minimum atomic E-state index is -0.204. The third-order valence-corrected chi connectivity index (χ3v) is 1.72. The molecule has 0 aliphatic heterocycles. The third kappa shape index (κ3) is 9.12. The van der Waals surface area contributed by atoms with Crippen LogP contribution < -0.4 is 0 Å². The van der Waals surface area contributed by atoms with E-state index >= 15 is 0 Å². The lowest BCUT2D eigenvalue weighted by atomic mass is 10.2. The SMILES string of the molecule is CCCCC=CC(=O)OCCCC. The molecule has 0 amide bonds. The maximum atomic E-state index is 11.0. The Morgan fingerprint density at radius 1 is 1.23 bits per heavy atom. The lowest BCUT2D eigenvalue weighted by molar-refractivity contribution is -0.137. The molecule has 0 saturated heterocycles. The zero-order valence-corrected chi connectivity index (χ0v) is 8.71. The van der Waals surface area contributed by atoms with Crippen LogP contribution in [-0.2, 0) is 9.53 Å². The van der Waals surface area contributed by atoms with Crippen molar-refractivity contribution in [3.8, 4) is 0 Å². The second-order valence-corrected chi connectivity index (χ2v) is 3.07. The van der Waals surface area contributed by atoms with Crippen LogP contribution in [0.4, 0.5) is 0 Å². The lowest BCUT2D eigenvalue weighted by Crippen LogP contribution is -2.01. The van der Waals surface area contributed by atoms with Crippen LogP contribution in [0.25, 0.3) is 0 Å². The van der Waals surface area contributed by atoms with Crippen LogP contribution in [0.1, 0.15) is 46.0 Å². The molecule has 0 aliphatic rings. The predicted molar refractivity (Wildman–Crippen MR) is 54.5 cm³/mol. The Labute approximate surface area is 81.0 Å². The molecule has 0 atom stereocenters. The van der Waals surface area contributed by atoms with Gasteiger partial charge in [0.15, 0.2) is 0 Å². The normalized spacial score (nSPS) is 10.6. The van der Waals surface area contributed by atoms with Gasteiger partial charge in [-0.25, -0.2) is 4.79 Å². The Hall–Kier alpha value is -0.790. The van der Waals surface area contributed by atoms with E-state index in [1.165, 1.54) is 6.08 Å². The summed E-state index contributed by atoms with van der Waals surface area (Å²) in [4.78, 5) is 11.0. The number of hydrogen-bond acceptors (Lipinski definition) is 2. The van der Waals surface area contributed by atoms with Crippen molar-refractivity contribution in [3.05, 3.63) is 12.2 Å². The van der Waals surface area contributed by atoms with Gasteiger partial charge in [-0.05, 0) is 12.8 Å². The molecular formula is C11H20O2. The molecule has 0 rings (SSSR count). The van der Waals surface area contributed by atoms with Crippen molar-refractivity contribution in [1.29, 1.82) is 0 Å². The molecule has 0 aliphatic carbocycles. The van der Waals surface area contributed by atoms with E-state index in [0.717, 1.165) is 32.1 Å². The monoisotopic (exact) mass is 184 g/mol. The average molecular weight is 184 g/mol. The standard InChI is InChI=1S/C11H20O2/c1-3-5-7-8-9-11(12)13-10-6-4-2/h8-9H,3-7,10H2,1-2H3. The summed E-state index contributed by atoms with van der Waals surface area (Å²) in [7, 11) is 0. The van der Waals surface area contributed by atoms with Gasteiger partial charge in [0.25, 0.3) is 0 Å². The van der Waals surface area contributed by atoms with E-state index in [-0.39, 0.29) is 5.97 Å². The highest BCUT2D eigenvalue weighted by Gasteiger charge is 1.94. The van der Waals surface area contributed by atoms with Crippen LogP contribution in [-0.4, -0.2) is 12.6 Å². The van der Waals surface area contributed by atoms with Crippen LogP contribution >= 0.6 is 0 Å². The van der Waals surface area contributed by atoms with Crippen LogP contribution in [0.2, 0.25) is 0 Å². The molecule has 0 aromatic rings. The molecule has 0 fully saturated rings. The molecule has 0 saturated carbocycles. The molecule has 0 heterocycles. The smallest absolute Gasteiger partial charge is 0.330 e. The van der Waals surface area contributed by atoms with Crippen LogP contribution in [0.15, 0.2) is 12.2 Å². The van der Waals surface area contributed by atoms with Gasteiger partial charge in [-0.3, -0.25) is 0 Å². The van der Waals surface area contributed by atoms with E-state index in [1.54, 1.807) is 0 Å². The van der Waals surface area contributed by atoms with E-state index in [4.69, 9.17) is 4.74 Å². The summed E-state index contributed by atoms with van der Waals surface area (Å²) < 4.78 is 4.94. The fourth-order valence-corrected chi connectivity index (χ4v) is 0.867. The van der Waals surface area contributed by atoms with E-state index in [1.807, 2.05) is 6.08 Å². The number of allylic oxidation sites excluding steroid dienone is 1. The minimum absolute atomic E-state index is 0.204. The summed E-state index contributed by atoms with van der Waals surface area (Å²) in [6, 6.07) is 0. The summed E-state index contributed by atoms with van der Waals surface area (Å²) in [6.45, 7) is 4.76. The fourth-order valence-electron chi connectivity index (χ4n) is 0.867. The largest absolute Gasteiger partial charge is 0.463 e. The van der Waals surface area contributed by atoms with Crippen molar-refractivity contribution < 1.29 is 9.53 Å². The van der Waals surface area contributed by atoms with Crippen LogP contribution in [0, 0.1) is 0 Å². The number of ether oxygens (including phenoxy) is 1. The van der Waals surface area contributed by atoms with Crippen LogP contribution in [0.3, 0.4) is 0 Å². The summed E-state index contributed by atoms with van der Waals surface area (Å²) in [5.41, 5.74) is 0. The van der Waals surface area contributed by atoms with Crippen molar-refractivity contribution in [2.45, 2.75) is 46.0 Å². The second-order valence-electron chi connectivity index (χ2n) is 3.07. The van der Waals surface area contributed by atoms with Gasteiger partial charge in [-0.2, -0.15) is 0 Å². The molecular weight excluding hydrogens is 164 g/mol. The van der Waals surface area contributed by atoms with Gasteiger partial charge in [0.05, 0.1) is 6.61 Å². The molecule has 0 spiro atoms. The molecule has 76 valence electrons. The predicted octanol–water partition coefficient (Wildman–Crippen LogP) is 3.08. The molecule has 0 N–H and O–H groups in total. The van der Waals surface area contributed by atoms with Gasteiger partial charge in [0.2, 0.25) is 0 Å². The zero-order valence-electron chi connectivity index (χ0n) is 8.71. The summed E-state index contributed by atoms with van der Waals surface area (Å²) in [5, 5.41) is 0. The van der Waals surface area contributed by atoms with Gasteiger partial charge in [0, 0.05) is 6.08 Å². The first-order valence-electron chi connectivity index (χ1n) is 5.14. The topological polar surface area (TPSA) is 26.3 Å². The molecule has 0 aromatic carbocycles. The Bertz CT molecular complexity index is 150. The highest BCUT2D eigenvalue weighted by molar-refractivity contribution is 5.81. The Morgan fingerprint density at radius 3 is 2.54 bits per heavy atom. The first kappa shape index (κ1) is 12.2. The molecule has 0 bridgehead atoms. The third-order valence-electron chi connectivity index (χ3n) is 1.72. The quantitative estimate of drug-likeness (QED) is 0.345. The number of carbonyl (C=O) groups is 1. The van der Waals surface area contributed by atoms with Crippen molar-refractivity contribution in [2.24, 2.45) is 0 Å². The maximum absolute atomic E-state index is 11.0. The number of unbranched alkanes of at least 4 members (excludes halogenated alkanes) is 3. The highest BCUT2D eigenvalue weighted by Crippen LogP contribution is 1.96.